The van der Waals surface area contributed by atoms with Gasteiger partial charge in [-0.25, -0.2) is 0 Å². The highest BCUT2D eigenvalue weighted by molar-refractivity contribution is 5.36. The second kappa shape index (κ2) is 6.02. The summed E-state index contributed by atoms with van der Waals surface area (Å²) < 4.78 is 0. The number of nitrogens with zero attached hydrogens (tertiary/aromatic N) is 1. The standard InChI is InChI=1S/C16H24N2/c1-12-8-9-13(16(2,3)4)11-14(12)15(18-5)7-6-10-17/h8-9,11,15,18H,6-7H2,1-5H3. The molecule has 0 aliphatic carbocycles. The molecule has 0 spiro atoms. The summed E-state index contributed by atoms with van der Waals surface area (Å²) in [6.07, 6.45) is 1.45. The molecule has 1 atom stereocenters. The van der Waals surface area contributed by atoms with Crippen molar-refractivity contribution in [1.29, 1.82) is 5.26 Å². The molecular formula is C16H24N2. The monoisotopic (exact) mass is 244 g/mol. The van der Waals surface area contributed by atoms with E-state index in [4.69, 9.17) is 5.26 Å². The molecule has 0 aliphatic heterocycles. The van der Waals surface area contributed by atoms with Crippen LogP contribution >= 0.6 is 0 Å². The summed E-state index contributed by atoms with van der Waals surface area (Å²) in [6, 6.07) is 9.17. The fraction of sp³-hybridized carbons (Fsp3) is 0.562. The van der Waals surface area contributed by atoms with Gasteiger partial charge < -0.3 is 5.32 Å². The molecular weight excluding hydrogens is 220 g/mol. The normalized spacial score (nSPS) is 13.1. The summed E-state index contributed by atoms with van der Waals surface area (Å²) in [5, 5.41) is 12.1. The maximum atomic E-state index is 8.73. The van der Waals surface area contributed by atoms with E-state index in [1.54, 1.807) is 0 Å². The van der Waals surface area contributed by atoms with Gasteiger partial charge in [0.1, 0.15) is 0 Å². The van der Waals surface area contributed by atoms with E-state index in [0.717, 1.165) is 6.42 Å². The molecule has 18 heavy (non-hydrogen) atoms. The molecule has 0 heterocycles. The van der Waals surface area contributed by atoms with Gasteiger partial charge in [-0.1, -0.05) is 39.0 Å². The highest BCUT2D eigenvalue weighted by Gasteiger charge is 2.17. The van der Waals surface area contributed by atoms with Gasteiger partial charge in [-0.2, -0.15) is 5.26 Å². The Morgan fingerprint density at radius 2 is 2.00 bits per heavy atom. The predicted octanol–water partition coefficient (Wildman–Crippen LogP) is 3.86. The summed E-state index contributed by atoms with van der Waals surface area (Å²) in [5.74, 6) is 0. The van der Waals surface area contributed by atoms with Crippen LogP contribution in [0.5, 0.6) is 0 Å². The second-order valence-electron chi connectivity index (χ2n) is 5.86. The van der Waals surface area contributed by atoms with Crippen molar-refractivity contribution in [2.75, 3.05) is 7.05 Å². The topological polar surface area (TPSA) is 35.8 Å². The minimum atomic E-state index is 0.163. The molecule has 1 aromatic rings. The van der Waals surface area contributed by atoms with Crippen molar-refractivity contribution in [3.63, 3.8) is 0 Å². The molecule has 0 saturated carbocycles. The van der Waals surface area contributed by atoms with Crippen molar-refractivity contribution >= 4 is 0 Å². The fourth-order valence-electron chi connectivity index (χ4n) is 2.15. The lowest BCUT2D eigenvalue weighted by Gasteiger charge is -2.24. The van der Waals surface area contributed by atoms with Crippen LogP contribution in [0.1, 0.15) is 56.3 Å². The first-order valence-electron chi connectivity index (χ1n) is 6.55. The Labute approximate surface area is 111 Å². The van der Waals surface area contributed by atoms with Gasteiger partial charge in [0.2, 0.25) is 0 Å². The SMILES string of the molecule is CNC(CCC#N)c1cc(C(C)(C)C)ccc1C. The Hall–Kier alpha value is -1.33. The van der Waals surface area contributed by atoms with Gasteiger partial charge in [-0.05, 0) is 42.5 Å². The largest absolute Gasteiger partial charge is 0.313 e. The molecule has 2 heteroatoms. The van der Waals surface area contributed by atoms with Crippen molar-refractivity contribution in [2.45, 2.75) is 52.0 Å². The van der Waals surface area contributed by atoms with Crippen molar-refractivity contribution < 1.29 is 0 Å². The molecule has 0 aromatic heterocycles. The Morgan fingerprint density at radius 3 is 2.50 bits per heavy atom. The minimum Gasteiger partial charge on any atom is -0.313 e. The Bertz CT molecular complexity index is 435. The third kappa shape index (κ3) is 3.58. The molecule has 0 bridgehead atoms. The number of nitrogens with one attached hydrogen (secondary N) is 1. The number of rotatable bonds is 4. The third-order valence-electron chi connectivity index (χ3n) is 3.41. The summed E-state index contributed by atoms with van der Waals surface area (Å²) in [7, 11) is 1.96. The van der Waals surface area contributed by atoms with Crippen LogP contribution in [-0.2, 0) is 5.41 Å². The molecule has 2 nitrogen and oxygen atoms in total. The Morgan fingerprint density at radius 1 is 1.33 bits per heavy atom. The third-order valence-corrected chi connectivity index (χ3v) is 3.41. The van der Waals surface area contributed by atoms with Gasteiger partial charge >= 0.3 is 0 Å². The number of hydrogen-bond donors (Lipinski definition) is 1. The smallest absolute Gasteiger partial charge is 0.0622 e. The molecule has 1 aromatic carbocycles. The van der Waals surface area contributed by atoms with E-state index >= 15 is 0 Å². The van der Waals surface area contributed by atoms with Gasteiger partial charge in [-0.15, -0.1) is 0 Å². The van der Waals surface area contributed by atoms with Gasteiger partial charge in [-0.3, -0.25) is 0 Å². The van der Waals surface area contributed by atoms with Crippen molar-refractivity contribution in [3.05, 3.63) is 34.9 Å². The van der Waals surface area contributed by atoms with Crippen LogP contribution < -0.4 is 5.32 Å². The first-order chi connectivity index (χ1) is 8.40. The van der Waals surface area contributed by atoms with Crippen LogP contribution in [0.3, 0.4) is 0 Å². The van der Waals surface area contributed by atoms with E-state index in [1.165, 1.54) is 16.7 Å². The second-order valence-corrected chi connectivity index (χ2v) is 5.86. The summed E-state index contributed by atoms with van der Waals surface area (Å²) in [4.78, 5) is 0. The zero-order valence-corrected chi connectivity index (χ0v) is 12.2. The zero-order valence-electron chi connectivity index (χ0n) is 12.2. The van der Waals surface area contributed by atoms with Crippen LogP contribution in [0.25, 0.3) is 0 Å². The van der Waals surface area contributed by atoms with Crippen LogP contribution in [0, 0.1) is 18.3 Å². The average molecular weight is 244 g/mol. The molecule has 98 valence electrons. The predicted molar refractivity (Wildman–Crippen MR) is 76.5 cm³/mol. The van der Waals surface area contributed by atoms with Crippen LogP contribution in [0.4, 0.5) is 0 Å². The maximum Gasteiger partial charge on any atom is 0.0622 e. The van der Waals surface area contributed by atoms with Crippen LogP contribution in [0.2, 0.25) is 0 Å². The fourth-order valence-corrected chi connectivity index (χ4v) is 2.15. The molecule has 1 unspecified atom stereocenters. The van der Waals surface area contributed by atoms with E-state index in [2.05, 4.69) is 57.3 Å². The van der Waals surface area contributed by atoms with E-state index < -0.39 is 0 Å². The summed E-state index contributed by atoms with van der Waals surface area (Å²) in [5.41, 5.74) is 4.12. The Kier molecular flexibility index (Phi) is 4.93. The lowest BCUT2D eigenvalue weighted by Crippen LogP contribution is -2.19. The lowest BCUT2D eigenvalue weighted by atomic mass is 9.84. The van der Waals surface area contributed by atoms with Crippen molar-refractivity contribution in [2.24, 2.45) is 0 Å². The number of hydrogen-bond acceptors (Lipinski definition) is 2. The first-order valence-corrected chi connectivity index (χ1v) is 6.55. The van der Waals surface area contributed by atoms with Crippen LogP contribution in [-0.4, -0.2) is 7.05 Å². The van der Waals surface area contributed by atoms with Gasteiger partial charge in [0.15, 0.2) is 0 Å². The van der Waals surface area contributed by atoms with Crippen molar-refractivity contribution in [1.82, 2.24) is 5.32 Å². The van der Waals surface area contributed by atoms with Gasteiger partial charge in [0, 0.05) is 12.5 Å². The molecule has 0 amide bonds. The molecule has 0 aliphatic rings. The average Bonchev–Trinajstić information content (AvgIpc) is 2.30. The van der Waals surface area contributed by atoms with Gasteiger partial charge in [0.25, 0.3) is 0 Å². The Balaban J connectivity index is 3.10. The summed E-state index contributed by atoms with van der Waals surface area (Å²) in [6.45, 7) is 8.82. The highest BCUT2D eigenvalue weighted by Crippen LogP contribution is 2.28. The zero-order chi connectivity index (χ0) is 13.8. The number of benzene rings is 1. The van der Waals surface area contributed by atoms with Crippen molar-refractivity contribution in [3.8, 4) is 6.07 Å². The van der Waals surface area contributed by atoms with Gasteiger partial charge in [0.05, 0.1) is 6.07 Å². The van der Waals surface area contributed by atoms with E-state index in [-0.39, 0.29) is 11.5 Å². The first kappa shape index (κ1) is 14.7. The molecule has 0 saturated heterocycles. The maximum absolute atomic E-state index is 8.73. The molecule has 1 rings (SSSR count). The number of aryl methyl sites for hydroxylation is 1. The molecule has 1 N–H and O–H groups in total. The highest BCUT2D eigenvalue weighted by atomic mass is 14.9. The molecule has 0 radical (unpaired) electrons. The van der Waals surface area contributed by atoms with Crippen LogP contribution in [0.15, 0.2) is 18.2 Å². The lowest BCUT2D eigenvalue weighted by molar-refractivity contribution is 0.547. The van der Waals surface area contributed by atoms with E-state index in [0.29, 0.717) is 6.42 Å². The summed E-state index contributed by atoms with van der Waals surface area (Å²) >= 11 is 0. The minimum absolute atomic E-state index is 0.163. The molecule has 0 fully saturated rings. The van der Waals surface area contributed by atoms with E-state index in [1.807, 2.05) is 7.05 Å². The quantitative estimate of drug-likeness (QED) is 0.873. The number of nitriles is 1. The van der Waals surface area contributed by atoms with E-state index in [9.17, 15) is 0 Å².